The van der Waals surface area contributed by atoms with Crippen molar-refractivity contribution in [3.63, 3.8) is 0 Å². The molecule has 0 aliphatic carbocycles. The molecule has 0 N–H and O–H groups in total. The molecular weight excluding hydrogens is 369 g/mol. The van der Waals surface area contributed by atoms with Gasteiger partial charge in [-0.15, -0.1) is 0 Å². The van der Waals surface area contributed by atoms with Crippen LogP contribution < -0.4 is 0 Å². The predicted molar refractivity (Wildman–Crippen MR) is 92.2 cm³/mol. The Kier molecular flexibility index (Phi) is 4.08. The fourth-order valence-corrected chi connectivity index (χ4v) is 3.10. The van der Waals surface area contributed by atoms with Crippen LogP contribution in [0.2, 0.25) is 15.1 Å². The molecule has 0 unspecified atom stereocenters. The Hall–Kier alpha value is -0.910. The van der Waals surface area contributed by atoms with Crippen molar-refractivity contribution in [2.24, 2.45) is 0 Å². The highest BCUT2D eigenvalue weighted by molar-refractivity contribution is 7.72. The molecule has 106 valence electrons. The second kappa shape index (κ2) is 5.71. The van der Waals surface area contributed by atoms with Crippen molar-refractivity contribution < 1.29 is 4.42 Å². The Morgan fingerprint density at radius 1 is 0.905 bits per heavy atom. The molecule has 7 heteroatoms. The van der Waals surface area contributed by atoms with Gasteiger partial charge in [0, 0.05) is 5.02 Å². The van der Waals surface area contributed by atoms with Gasteiger partial charge in [0.25, 0.3) is 4.84 Å². The Labute approximate surface area is 145 Å². The minimum absolute atomic E-state index is 0.230. The molecule has 0 bridgehead atoms. The first-order chi connectivity index (χ1) is 9.97. The van der Waals surface area contributed by atoms with Crippen LogP contribution >= 0.6 is 59.2 Å². The summed E-state index contributed by atoms with van der Waals surface area (Å²) in [6.07, 6.45) is 0. The van der Waals surface area contributed by atoms with Crippen LogP contribution in [0.3, 0.4) is 0 Å². The molecule has 3 aromatic rings. The summed E-state index contributed by atoms with van der Waals surface area (Å²) >= 11 is 28.8. The summed E-state index contributed by atoms with van der Waals surface area (Å²) in [6, 6.07) is 10.3. The molecule has 0 spiro atoms. The lowest BCUT2D eigenvalue weighted by Crippen LogP contribution is -1.99. The number of nitrogens with zero attached hydrogens (tertiary/aromatic N) is 1. The smallest absolute Gasteiger partial charge is 0.274 e. The monoisotopic (exact) mass is 373 g/mol. The van der Waals surface area contributed by atoms with E-state index in [1.54, 1.807) is 41.0 Å². The minimum atomic E-state index is 0.230. The molecule has 2 nitrogen and oxygen atoms in total. The fraction of sp³-hybridized carbons (Fsp3) is 0. The van der Waals surface area contributed by atoms with Crippen molar-refractivity contribution in [1.29, 1.82) is 0 Å². The summed E-state index contributed by atoms with van der Waals surface area (Å²) in [5.41, 5.74) is 1.27. The maximum Gasteiger partial charge on any atom is 0.274 e. The topological polar surface area (TPSA) is 18.1 Å². The lowest BCUT2D eigenvalue weighted by atomic mass is 10.2. The Balaban J connectivity index is 2.39. The van der Waals surface area contributed by atoms with E-state index < -0.39 is 0 Å². The second-order valence-electron chi connectivity index (χ2n) is 4.25. The van der Waals surface area contributed by atoms with Crippen LogP contribution in [0, 0.1) is 9.48 Å². The van der Waals surface area contributed by atoms with E-state index in [2.05, 4.69) is 0 Å². The number of hydrogen-bond donors (Lipinski definition) is 0. The lowest BCUT2D eigenvalue weighted by Gasteiger charge is -2.09. The molecule has 0 aliphatic heterocycles. The fourth-order valence-electron chi connectivity index (χ4n) is 1.95. The van der Waals surface area contributed by atoms with E-state index in [9.17, 15) is 0 Å². The van der Waals surface area contributed by atoms with Crippen LogP contribution in [-0.4, -0.2) is 4.57 Å². The van der Waals surface area contributed by atoms with E-state index in [0.717, 1.165) is 0 Å². The average Bonchev–Trinajstić information content (AvgIpc) is 2.44. The largest absolute Gasteiger partial charge is 0.431 e. The summed E-state index contributed by atoms with van der Waals surface area (Å²) in [6.45, 7) is 0. The van der Waals surface area contributed by atoms with Crippen LogP contribution in [0.5, 0.6) is 0 Å². The van der Waals surface area contributed by atoms with Gasteiger partial charge in [-0.1, -0.05) is 47.0 Å². The highest BCUT2D eigenvalue weighted by Crippen LogP contribution is 2.27. The molecule has 1 heterocycles. The number of aromatic nitrogens is 1. The van der Waals surface area contributed by atoms with Gasteiger partial charge in [0.1, 0.15) is 10.2 Å². The molecular formula is C14H6Cl3NOS2. The molecule has 0 saturated heterocycles. The van der Waals surface area contributed by atoms with Gasteiger partial charge in [0.2, 0.25) is 0 Å². The summed E-state index contributed by atoms with van der Waals surface area (Å²) < 4.78 is 7.75. The molecule has 0 atom stereocenters. The number of hydrogen-bond acceptors (Lipinski definition) is 3. The summed E-state index contributed by atoms with van der Waals surface area (Å²) in [5, 5.41) is 2.15. The van der Waals surface area contributed by atoms with E-state index >= 15 is 0 Å². The van der Waals surface area contributed by atoms with Gasteiger partial charge in [-0.2, -0.15) is 0 Å². The average molecular weight is 375 g/mol. The lowest BCUT2D eigenvalue weighted by molar-refractivity contribution is 0.537. The van der Waals surface area contributed by atoms with Crippen LogP contribution in [-0.2, 0) is 0 Å². The third kappa shape index (κ3) is 2.74. The van der Waals surface area contributed by atoms with Crippen LogP contribution in [0.4, 0.5) is 0 Å². The van der Waals surface area contributed by atoms with E-state index in [-0.39, 0.29) is 4.84 Å². The summed E-state index contributed by atoms with van der Waals surface area (Å²) in [4.78, 5) is 0.230. The standard InChI is InChI=1S/C14H6Cl3NOS2/c15-7-1-4-12-9(5-7)13(20)18(14(21)19-12)8-2-3-10(16)11(17)6-8/h1-6H. The highest BCUT2D eigenvalue weighted by atomic mass is 35.5. The molecule has 1 aromatic heterocycles. The predicted octanol–water partition coefficient (Wildman–Crippen LogP) is 6.64. The normalized spacial score (nSPS) is 11.0. The van der Waals surface area contributed by atoms with E-state index in [1.807, 2.05) is 0 Å². The van der Waals surface area contributed by atoms with Crippen LogP contribution in [0.1, 0.15) is 0 Å². The summed E-state index contributed by atoms with van der Waals surface area (Å²) in [5.74, 6) is 0. The molecule has 0 amide bonds. The van der Waals surface area contributed by atoms with E-state index in [4.69, 9.17) is 63.7 Å². The van der Waals surface area contributed by atoms with Crippen molar-refractivity contribution >= 4 is 70.2 Å². The van der Waals surface area contributed by atoms with Crippen molar-refractivity contribution in [2.75, 3.05) is 0 Å². The maximum atomic E-state index is 6.05. The third-order valence-corrected chi connectivity index (χ3v) is 4.56. The highest BCUT2D eigenvalue weighted by Gasteiger charge is 2.09. The zero-order valence-electron chi connectivity index (χ0n) is 10.3. The third-order valence-electron chi connectivity index (χ3n) is 2.92. The zero-order valence-corrected chi connectivity index (χ0v) is 14.2. The molecule has 21 heavy (non-hydrogen) atoms. The molecule has 3 rings (SSSR count). The van der Waals surface area contributed by atoms with Gasteiger partial charge < -0.3 is 4.42 Å². The minimum Gasteiger partial charge on any atom is -0.431 e. The first kappa shape index (κ1) is 15.0. The summed E-state index contributed by atoms with van der Waals surface area (Å²) in [7, 11) is 0. The van der Waals surface area contributed by atoms with Crippen molar-refractivity contribution in [1.82, 2.24) is 4.57 Å². The van der Waals surface area contributed by atoms with Gasteiger partial charge >= 0.3 is 0 Å². The first-order valence-corrected chi connectivity index (χ1v) is 7.73. The van der Waals surface area contributed by atoms with Gasteiger partial charge in [0.15, 0.2) is 0 Å². The Morgan fingerprint density at radius 2 is 1.67 bits per heavy atom. The maximum absolute atomic E-state index is 6.05. The number of fused-ring (bicyclic) bond motifs is 1. The number of rotatable bonds is 1. The quantitative estimate of drug-likeness (QED) is 0.444. The van der Waals surface area contributed by atoms with E-state index in [1.165, 1.54) is 0 Å². The molecule has 0 radical (unpaired) electrons. The zero-order chi connectivity index (χ0) is 15.1. The van der Waals surface area contributed by atoms with Gasteiger partial charge in [-0.25, -0.2) is 0 Å². The van der Waals surface area contributed by atoms with Crippen LogP contribution in [0.25, 0.3) is 16.7 Å². The van der Waals surface area contributed by atoms with Crippen molar-refractivity contribution in [3.8, 4) is 5.69 Å². The van der Waals surface area contributed by atoms with Gasteiger partial charge in [-0.05, 0) is 48.6 Å². The molecule has 0 fully saturated rings. The molecule has 0 saturated carbocycles. The number of halogens is 3. The Morgan fingerprint density at radius 3 is 2.38 bits per heavy atom. The van der Waals surface area contributed by atoms with Crippen molar-refractivity contribution in [2.45, 2.75) is 0 Å². The second-order valence-corrected chi connectivity index (χ2v) is 6.23. The van der Waals surface area contributed by atoms with Gasteiger partial charge in [-0.3, -0.25) is 4.57 Å². The molecule has 0 aliphatic rings. The van der Waals surface area contributed by atoms with E-state index in [0.29, 0.717) is 36.4 Å². The van der Waals surface area contributed by atoms with Crippen LogP contribution in [0.15, 0.2) is 40.8 Å². The Bertz CT molecular complexity index is 978. The first-order valence-electron chi connectivity index (χ1n) is 5.78. The van der Waals surface area contributed by atoms with Gasteiger partial charge in [0.05, 0.1) is 21.1 Å². The SMILES string of the molecule is S=c1oc2ccc(Cl)cc2c(=S)n1-c1ccc(Cl)c(Cl)c1. The molecule has 2 aromatic carbocycles. The van der Waals surface area contributed by atoms with Crippen molar-refractivity contribution in [3.05, 3.63) is 60.9 Å². The number of benzene rings is 2.